The molecule has 0 atom stereocenters. The van der Waals surface area contributed by atoms with Crippen LogP contribution in [0.5, 0.6) is 0 Å². The van der Waals surface area contributed by atoms with Crippen LogP contribution >= 0.6 is 11.3 Å². The summed E-state index contributed by atoms with van der Waals surface area (Å²) < 4.78 is 11.6. The lowest BCUT2D eigenvalue weighted by Gasteiger charge is -2.12. The second-order valence-corrected chi connectivity index (χ2v) is 17.0. The van der Waals surface area contributed by atoms with Crippen LogP contribution in [-0.2, 0) is 0 Å². The molecule has 0 fully saturated rings. The first-order chi connectivity index (χ1) is 31.2. The molecule has 0 aliphatic heterocycles. The lowest BCUT2D eigenvalue weighted by atomic mass is 9.97. The minimum Gasteiger partial charge on any atom is -0.456 e. The lowest BCUT2D eigenvalue weighted by molar-refractivity contribution is 0.663. The average Bonchev–Trinajstić information content (AvgIpc) is 3.91. The molecular formula is C57H34N4OS. The van der Waals surface area contributed by atoms with Crippen molar-refractivity contribution in [3.05, 3.63) is 206 Å². The van der Waals surface area contributed by atoms with Crippen molar-refractivity contribution in [2.75, 3.05) is 0 Å². The van der Waals surface area contributed by atoms with E-state index in [-0.39, 0.29) is 0 Å². The van der Waals surface area contributed by atoms with Crippen molar-refractivity contribution in [2.24, 2.45) is 0 Å². The molecule has 13 rings (SSSR count). The fourth-order valence-electron chi connectivity index (χ4n) is 9.39. The molecule has 0 aliphatic rings. The van der Waals surface area contributed by atoms with E-state index in [9.17, 15) is 0 Å². The Morgan fingerprint density at radius 1 is 0.349 bits per heavy atom. The molecule has 0 radical (unpaired) electrons. The van der Waals surface area contributed by atoms with Crippen molar-refractivity contribution in [3.8, 4) is 39.9 Å². The van der Waals surface area contributed by atoms with Crippen LogP contribution in [0.1, 0.15) is 0 Å². The van der Waals surface area contributed by atoms with Crippen molar-refractivity contribution < 1.29 is 4.42 Å². The zero-order valence-electron chi connectivity index (χ0n) is 33.7. The van der Waals surface area contributed by atoms with Crippen LogP contribution in [0.25, 0.3) is 125 Å². The second kappa shape index (κ2) is 14.2. The summed E-state index contributed by atoms with van der Waals surface area (Å²) in [5.74, 6) is 1.79. The Hall–Kier alpha value is -8.19. The fraction of sp³-hybridized carbons (Fsp3) is 0. The summed E-state index contributed by atoms with van der Waals surface area (Å²) in [5.41, 5.74) is 7.72. The van der Waals surface area contributed by atoms with Gasteiger partial charge in [-0.25, -0.2) is 4.98 Å². The Bertz CT molecular complexity index is 4040. The third kappa shape index (κ3) is 5.73. The quantitative estimate of drug-likeness (QED) is 0.177. The highest BCUT2D eigenvalue weighted by atomic mass is 32.1. The van der Waals surface area contributed by atoms with Gasteiger partial charge in [0.1, 0.15) is 11.2 Å². The van der Waals surface area contributed by atoms with Gasteiger partial charge in [-0.3, -0.25) is 4.57 Å². The van der Waals surface area contributed by atoms with E-state index >= 15 is 0 Å². The van der Waals surface area contributed by atoms with Gasteiger partial charge in [-0.2, -0.15) is 9.97 Å². The predicted molar refractivity (Wildman–Crippen MR) is 263 cm³/mol. The largest absolute Gasteiger partial charge is 0.456 e. The average molecular weight is 823 g/mol. The van der Waals surface area contributed by atoms with Crippen LogP contribution in [0.2, 0.25) is 0 Å². The van der Waals surface area contributed by atoms with Gasteiger partial charge >= 0.3 is 0 Å². The summed E-state index contributed by atoms with van der Waals surface area (Å²) in [5, 5.41) is 11.1. The smallest absolute Gasteiger partial charge is 0.238 e. The van der Waals surface area contributed by atoms with E-state index in [0.29, 0.717) is 17.6 Å². The Morgan fingerprint density at radius 3 is 1.79 bits per heavy atom. The summed E-state index contributed by atoms with van der Waals surface area (Å²) in [7, 11) is 0. The molecule has 4 heterocycles. The van der Waals surface area contributed by atoms with Crippen molar-refractivity contribution in [3.63, 3.8) is 0 Å². The molecule has 0 unspecified atom stereocenters. The maximum atomic E-state index is 7.00. The zero-order valence-corrected chi connectivity index (χ0v) is 34.6. The standard InChI is InChI=1S/C57H34N4OS/c1-3-16-35(17-4-1)37-30-31-52-48(32-37)46-34-50-47(33-45(46)39-21-8-7-20-38(39)41-23-10-13-28-51(41)62-52)40-22-9-12-27-49(40)61(50)57-59-55(36-18-5-2-6-19-36)58-56(60-57)44-26-15-25-43-42-24-11-14-29-53(42)63-54(43)44/h1-34H. The van der Waals surface area contributed by atoms with Gasteiger partial charge in [0.05, 0.1) is 11.0 Å². The van der Waals surface area contributed by atoms with E-state index in [1.807, 2.05) is 24.3 Å². The normalized spacial score (nSPS) is 11.8. The van der Waals surface area contributed by atoms with E-state index < -0.39 is 0 Å². The number of nitrogens with zero attached hydrogens (tertiary/aromatic N) is 4. The SMILES string of the molecule is c1ccc(-c2ccc3oc4ccccc4c4ccccc4c4cc5c6ccccc6n(-c6nc(-c7ccccc7)nc(-c7cccc8c7sc7ccccc78)n6)c5cc4c3c2)cc1. The van der Waals surface area contributed by atoms with Gasteiger partial charge in [0.15, 0.2) is 11.6 Å². The first-order valence-corrected chi connectivity index (χ1v) is 21.9. The number of benzene rings is 9. The predicted octanol–water partition coefficient (Wildman–Crippen LogP) is 15.7. The molecule has 63 heavy (non-hydrogen) atoms. The molecule has 0 amide bonds. The fourth-order valence-corrected chi connectivity index (χ4v) is 10.6. The summed E-state index contributed by atoms with van der Waals surface area (Å²) in [6.45, 7) is 0. The number of fused-ring (bicyclic) bond motifs is 13. The highest BCUT2D eigenvalue weighted by Gasteiger charge is 2.21. The summed E-state index contributed by atoms with van der Waals surface area (Å²) in [6.07, 6.45) is 0. The Morgan fingerprint density at radius 2 is 0.968 bits per heavy atom. The third-order valence-corrected chi connectivity index (χ3v) is 13.5. The highest BCUT2D eigenvalue weighted by molar-refractivity contribution is 7.26. The molecule has 0 aliphatic carbocycles. The van der Waals surface area contributed by atoms with Gasteiger partial charge in [-0.05, 0) is 81.2 Å². The summed E-state index contributed by atoms with van der Waals surface area (Å²) in [6, 6.07) is 72.7. The van der Waals surface area contributed by atoms with Crippen LogP contribution < -0.4 is 0 Å². The van der Waals surface area contributed by atoms with Gasteiger partial charge in [0, 0.05) is 52.8 Å². The highest BCUT2D eigenvalue weighted by Crippen LogP contribution is 2.42. The lowest BCUT2D eigenvalue weighted by Crippen LogP contribution is -2.06. The first-order valence-electron chi connectivity index (χ1n) is 21.1. The topological polar surface area (TPSA) is 56.7 Å². The van der Waals surface area contributed by atoms with Gasteiger partial charge in [0.2, 0.25) is 5.95 Å². The summed E-state index contributed by atoms with van der Waals surface area (Å²) in [4.78, 5) is 16.0. The number of hydrogen-bond acceptors (Lipinski definition) is 5. The molecule has 6 heteroatoms. The van der Waals surface area contributed by atoms with E-state index in [0.717, 1.165) is 92.2 Å². The maximum Gasteiger partial charge on any atom is 0.238 e. The van der Waals surface area contributed by atoms with Crippen molar-refractivity contribution >= 4 is 96.8 Å². The van der Waals surface area contributed by atoms with Crippen LogP contribution in [0.4, 0.5) is 0 Å². The van der Waals surface area contributed by atoms with E-state index in [4.69, 9.17) is 19.4 Å². The Balaban J connectivity index is 1.19. The van der Waals surface area contributed by atoms with Gasteiger partial charge in [0.25, 0.3) is 0 Å². The van der Waals surface area contributed by atoms with Gasteiger partial charge in [-0.15, -0.1) is 11.3 Å². The van der Waals surface area contributed by atoms with Crippen molar-refractivity contribution in [2.45, 2.75) is 0 Å². The van der Waals surface area contributed by atoms with Crippen LogP contribution in [-0.4, -0.2) is 19.5 Å². The number of thiophene rings is 1. The molecule has 0 saturated heterocycles. The maximum absolute atomic E-state index is 7.00. The van der Waals surface area contributed by atoms with Crippen molar-refractivity contribution in [1.29, 1.82) is 0 Å². The van der Waals surface area contributed by atoms with Gasteiger partial charge in [-0.1, -0.05) is 158 Å². The number of hydrogen-bond donors (Lipinski definition) is 0. The molecule has 13 aromatic rings. The molecule has 4 aromatic heterocycles. The Labute approximate surface area is 365 Å². The number of para-hydroxylation sites is 2. The molecular weight excluding hydrogens is 789 g/mol. The molecule has 0 bridgehead atoms. The van der Waals surface area contributed by atoms with Crippen LogP contribution in [0.3, 0.4) is 0 Å². The molecule has 9 aromatic carbocycles. The number of rotatable bonds is 4. The molecule has 294 valence electrons. The first kappa shape index (κ1) is 35.6. The molecule has 0 spiro atoms. The van der Waals surface area contributed by atoms with Crippen LogP contribution in [0, 0.1) is 0 Å². The number of aromatic nitrogens is 4. The molecule has 0 N–H and O–H groups in total. The zero-order chi connectivity index (χ0) is 41.4. The molecule has 0 saturated carbocycles. The van der Waals surface area contributed by atoms with Gasteiger partial charge < -0.3 is 4.42 Å². The monoisotopic (exact) mass is 822 g/mol. The second-order valence-electron chi connectivity index (χ2n) is 15.9. The van der Waals surface area contributed by atoms with E-state index in [2.05, 4.69) is 187 Å². The summed E-state index contributed by atoms with van der Waals surface area (Å²) >= 11 is 1.78. The van der Waals surface area contributed by atoms with Crippen LogP contribution in [0.15, 0.2) is 211 Å². The van der Waals surface area contributed by atoms with E-state index in [1.165, 1.54) is 15.5 Å². The Kier molecular flexibility index (Phi) is 8.01. The minimum absolute atomic E-state index is 0.550. The van der Waals surface area contributed by atoms with Crippen molar-refractivity contribution in [1.82, 2.24) is 19.5 Å². The minimum atomic E-state index is 0.550. The molecule has 5 nitrogen and oxygen atoms in total. The third-order valence-electron chi connectivity index (χ3n) is 12.3. The van der Waals surface area contributed by atoms with E-state index in [1.54, 1.807) is 11.3 Å².